The summed E-state index contributed by atoms with van der Waals surface area (Å²) in [7, 11) is 0. The minimum absolute atomic E-state index is 0.355. The number of nitrogens with two attached hydrogens (primary N) is 1. The summed E-state index contributed by atoms with van der Waals surface area (Å²) in [6.07, 6.45) is 17.3. The molecule has 1 aromatic heterocycles. The molecule has 0 saturated heterocycles. The lowest BCUT2D eigenvalue weighted by atomic mass is 10.1. The van der Waals surface area contributed by atoms with Gasteiger partial charge in [0.05, 0.1) is 0 Å². The largest absolute Gasteiger partial charge is 0.487 e. The van der Waals surface area contributed by atoms with Crippen molar-refractivity contribution in [3.63, 3.8) is 0 Å². The first-order chi connectivity index (χ1) is 15.3. The number of aromatic nitrogens is 1. The number of rotatable bonds is 11. The molecule has 3 rings (SSSR count). The lowest BCUT2D eigenvalue weighted by Crippen LogP contribution is -2.07. The van der Waals surface area contributed by atoms with E-state index in [9.17, 15) is 0 Å². The molecule has 0 saturated carbocycles. The monoisotopic (exact) mass is 413 g/mol. The zero-order valence-corrected chi connectivity index (χ0v) is 17.5. The van der Waals surface area contributed by atoms with Gasteiger partial charge in [0.15, 0.2) is 0 Å². The molecule has 0 bridgehead atoms. The lowest BCUT2D eigenvalue weighted by molar-refractivity contribution is 0.301. The standard InChI is InChI=1S/C26H27N3O2/c1-2-21-6-8-23(9-7-21)12-15-26-29-24(20-31-26)19-30-25-13-10-22(11-14-25)5-3-4-17-28-18-16-27/h1,6-16,18,20,28H,3-5,17,19,27H2/b15-12+,18-16-. The zero-order chi connectivity index (χ0) is 21.7. The van der Waals surface area contributed by atoms with E-state index in [1.807, 2.05) is 48.6 Å². The minimum Gasteiger partial charge on any atom is -0.487 e. The van der Waals surface area contributed by atoms with Crippen molar-refractivity contribution in [2.75, 3.05) is 6.54 Å². The number of hydrogen-bond donors (Lipinski definition) is 2. The minimum atomic E-state index is 0.355. The van der Waals surface area contributed by atoms with Crippen molar-refractivity contribution in [3.8, 4) is 18.1 Å². The van der Waals surface area contributed by atoms with Gasteiger partial charge in [0.2, 0.25) is 5.89 Å². The Labute approximate surface area is 183 Å². The summed E-state index contributed by atoms with van der Waals surface area (Å²) in [4.78, 5) is 4.43. The fourth-order valence-corrected chi connectivity index (χ4v) is 2.94. The fraction of sp³-hybridized carbons (Fsp3) is 0.192. The highest BCUT2D eigenvalue weighted by Gasteiger charge is 2.03. The maximum atomic E-state index is 5.82. The molecule has 5 heteroatoms. The van der Waals surface area contributed by atoms with Gasteiger partial charge in [0, 0.05) is 30.6 Å². The molecule has 0 spiro atoms. The molecule has 0 fully saturated rings. The Bertz CT molecular complexity index is 1030. The highest BCUT2D eigenvalue weighted by Crippen LogP contribution is 2.16. The van der Waals surface area contributed by atoms with Crippen LogP contribution in [0.5, 0.6) is 5.75 Å². The third-order valence-electron chi connectivity index (χ3n) is 4.63. The highest BCUT2D eigenvalue weighted by molar-refractivity contribution is 5.66. The molecular weight excluding hydrogens is 386 g/mol. The summed E-state index contributed by atoms with van der Waals surface area (Å²) in [6.45, 7) is 1.29. The van der Waals surface area contributed by atoms with Gasteiger partial charge in [-0.2, -0.15) is 0 Å². The van der Waals surface area contributed by atoms with Crippen LogP contribution in [0, 0.1) is 12.3 Å². The van der Waals surface area contributed by atoms with E-state index in [-0.39, 0.29) is 0 Å². The third kappa shape index (κ3) is 7.45. The van der Waals surface area contributed by atoms with Crippen molar-refractivity contribution in [2.45, 2.75) is 25.9 Å². The van der Waals surface area contributed by atoms with E-state index < -0.39 is 0 Å². The SMILES string of the molecule is C#Cc1ccc(/C=C/c2nc(COc3ccc(CCCCN/C=C\N)cc3)co2)cc1. The molecule has 0 radical (unpaired) electrons. The van der Waals surface area contributed by atoms with Crippen molar-refractivity contribution >= 4 is 12.2 Å². The molecule has 3 aromatic rings. The number of nitrogens with zero attached hydrogens (tertiary/aromatic N) is 1. The Balaban J connectivity index is 1.42. The third-order valence-corrected chi connectivity index (χ3v) is 4.63. The maximum Gasteiger partial charge on any atom is 0.218 e. The van der Waals surface area contributed by atoms with Crippen molar-refractivity contribution in [1.82, 2.24) is 10.3 Å². The van der Waals surface area contributed by atoms with Crippen molar-refractivity contribution < 1.29 is 9.15 Å². The van der Waals surface area contributed by atoms with E-state index in [0.29, 0.717) is 12.5 Å². The predicted octanol–water partition coefficient (Wildman–Crippen LogP) is 4.75. The summed E-state index contributed by atoms with van der Waals surface area (Å²) < 4.78 is 11.3. The molecule has 0 aliphatic heterocycles. The van der Waals surface area contributed by atoms with E-state index in [1.54, 1.807) is 12.5 Å². The second kappa shape index (κ2) is 11.9. The van der Waals surface area contributed by atoms with Gasteiger partial charge in [0.1, 0.15) is 24.3 Å². The van der Waals surface area contributed by atoms with Crippen molar-refractivity contribution in [1.29, 1.82) is 0 Å². The van der Waals surface area contributed by atoms with Crippen LogP contribution in [-0.2, 0) is 13.0 Å². The smallest absolute Gasteiger partial charge is 0.218 e. The summed E-state index contributed by atoms with van der Waals surface area (Å²) in [5, 5.41) is 3.13. The average molecular weight is 414 g/mol. The number of unbranched alkanes of at least 4 members (excludes halogenated alkanes) is 1. The van der Waals surface area contributed by atoms with Crippen LogP contribution < -0.4 is 15.8 Å². The average Bonchev–Trinajstić information content (AvgIpc) is 3.27. The maximum absolute atomic E-state index is 5.82. The summed E-state index contributed by atoms with van der Waals surface area (Å²) in [6, 6.07) is 15.9. The Hall–Kier alpha value is -3.91. The van der Waals surface area contributed by atoms with Gasteiger partial charge in [-0.1, -0.05) is 30.2 Å². The number of terminal acetylenes is 1. The van der Waals surface area contributed by atoms with Crippen LogP contribution in [0.1, 0.15) is 41.1 Å². The van der Waals surface area contributed by atoms with Gasteiger partial charge in [-0.05, 0) is 60.7 Å². The Morgan fingerprint density at radius 2 is 1.87 bits per heavy atom. The highest BCUT2D eigenvalue weighted by atomic mass is 16.5. The summed E-state index contributed by atoms with van der Waals surface area (Å²) in [5.41, 5.74) is 9.20. The van der Waals surface area contributed by atoms with E-state index in [1.165, 1.54) is 11.8 Å². The molecule has 0 aliphatic carbocycles. The number of ether oxygens (including phenoxy) is 1. The quantitative estimate of drug-likeness (QED) is 0.351. The van der Waals surface area contributed by atoms with Gasteiger partial charge in [0.25, 0.3) is 0 Å². The number of aryl methyl sites for hydroxylation is 1. The first kappa shape index (κ1) is 21.8. The number of nitrogens with one attached hydrogen (secondary N) is 1. The van der Waals surface area contributed by atoms with Crippen LogP contribution in [-0.4, -0.2) is 11.5 Å². The van der Waals surface area contributed by atoms with E-state index >= 15 is 0 Å². The second-order valence-electron chi connectivity index (χ2n) is 6.98. The van der Waals surface area contributed by atoms with Crippen LogP contribution >= 0.6 is 0 Å². The van der Waals surface area contributed by atoms with Crippen LogP contribution in [0.2, 0.25) is 0 Å². The summed E-state index contributed by atoms with van der Waals surface area (Å²) >= 11 is 0. The Morgan fingerprint density at radius 3 is 2.61 bits per heavy atom. The Kier molecular flexibility index (Phi) is 8.39. The molecule has 0 atom stereocenters. The second-order valence-corrected chi connectivity index (χ2v) is 6.98. The van der Waals surface area contributed by atoms with Crippen LogP contribution in [0.25, 0.3) is 12.2 Å². The molecular formula is C26H27N3O2. The van der Waals surface area contributed by atoms with Gasteiger partial charge < -0.3 is 20.2 Å². The molecule has 3 N–H and O–H groups in total. The van der Waals surface area contributed by atoms with Gasteiger partial charge in [-0.25, -0.2) is 4.98 Å². The van der Waals surface area contributed by atoms with E-state index in [4.69, 9.17) is 21.3 Å². The van der Waals surface area contributed by atoms with Gasteiger partial charge in [-0.15, -0.1) is 6.42 Å². The molecule has 2 aromatic carbocycles. The molecule has 0 unspecified atom stereocenters. The number of benzene rings is 2. The molecule has 158 valence electrons. The van der Waals surface area contributed by atoms with Crippen molar-refractivity contribution in [2.24, 2.45) is 5.73 Å². The zero-order valence-electron chi connectivity index (χ0n) is 17.5. The Morgan fingerprint density at radius 1 is 1.06 bits per heavy atom. The van der Waals surface area contributed by atoms with Crippen LogP contribution in [0.3, 0.4) is 0 Å². The van der Waals surface area contributed by atoms with Crippen LogP contribution in [0.15, 0.2) is 71.6 Å². The molecule has 5 nitrogen and oxygen atoms in total. The topological polar surface area (TPSA) is 73.3 Å². The first-order valence-corrected chi connectivity index (χ1v) is 10.3. The summed E-state index contributed by atoms with van der Waals surface area (Å²) in [5.74, 6) is 3.95. The van der Waals surface area contributed by atoms with Crippen molar-refractivity contribution in [3.05, 3.63) is 95.5 Å². The number of oxazole rings is 1. The lowest BCUT2D eigenvalue weighted by Gasteiger charge is -2.06. The molecule has 1 heterocycles. The number of hydrogen-bond acceptors (Lipinski definition) is 5. The fourth-order valence-electron chi connectivity index (χ4n) is 2.94. The van der Waals surface area contributed by atoms with Crippen LogP contribution in [0.4, 0.5) is 0 Å². The molecule has 0 aliphatic rings. The van der Waals surface area contributed by atoms with Gasteiger partial charge in [-0.3, -0.25) is 0 Å². The van der Waals surface area contributed by atoms with E-state index in [2.05, 4.69) is 28.4 Å². The molecule has 31 heavy (non-hydrogen) atoms. The predicted molar refractivity (Wildman–Crippen MR) is 125 cm³/mol. The first-order valence-electron chi connectivity index (χ1n) is 10.3. The van der Waals surface area contributed by atoms with Gasteiger partial charge >= 0.3 is 0 Å². The normalized spacial score (nSPS) is 11.1. The van der Waals surface area contributed by atoms with E-state index in [0.717, 1.165) is 48.4 Å². The molecule has 0 amide bonds.